The average molecular weight is 395 g/mol. The van der Waals surface area contributed by atoms with Crippen molar-refractivity contribution in [1.29, 1.82) is 0 Å². The number of nitrogens with zero attached hydrogens (tertiary/aromatic N) is 2. The van der Waals surface area contributed by atoms with Crippen LogP contribution in [0.2, 0.25) is 0 Å². The molecule has 0 saturated carbocycles. The van der Waals surface area contributed by atoms with Crippen molar-refractivity contribution < 1.29 is 9.53 Å². The van der Waals surface area contributed by atoms with E-state index in [1.807, 2.05) is 30.9 Å². The minimum atomic E-state index is -0.267. The topological polar surface area (TPSA) is 34.5 Å². The molecule has 0 aliphatic carbocycles. The summed E-state index contributed by atoms with van der Waals surface area (Å²) in [6.07, 6.45) is 0. The van der Waals surface area contributed by atoms with Crippen molar-refractivity contribution >= 4 is 28.6 Å². The lowest BCUT2D eigenvalue weighted by molar-refractivity contribution is -0.130. The molecule has 0 bridgehead atoms. The number of carbonyl (C=O) groups is 1. The van der Waals surface area contributed by atoms with Crippen LogP contribution in [0.25, 0.3) is 22.2 Å². The van der Waals surface area contributed by atoms with E-state index in [9.17, 15) is 4.79 Å². The van der Waals surface area contributed by atoms with Crippen LogP contribution in [0, 0.1) is 0 Å². The second kappa shape index (κ2) is 7.55. The van der Waals surface area contributed by atoms with E-state index in [4.69, 9.17) is 4.74 Å². The Morgan fingerprint density at radius 1 is 1.11 bits per heavy atom. The molecule has 3 aromatic rings. The van der Waals surface area contributed by atoms with Gasteiger partial charge in [-0.05, 0) is 39.0 Å². The number of carbonyl (C=O) groups excluding carboxylic acids is 1. The summed E-state index contributed by atoms with van der Waals surface area (Å²) in [4.78, 5) is 16.6. The van der Waals surface area contributed by atoms with Crippen molar-refractivity contribution in [3.63, 3.8) is 0 Å². The zero-order valence-electron chi connectivity index (χ0n) is 16.9. The number of ether oxygens (including phenoxy) is 1. The van der Waals surface area contributed by atoms with Crippen molar-refractivity contribution in [3.8, 4) is 17.0 Å². The monoisotopic (exact) mass is 394 g/mol. The number of amides is 1. The zero-order chi connectivity index (χ0) is 19.8. The molecule has 0 radical (unpaired) electrons. The Kier molecular flexibility index (Phi) is 5.11. The highest BCUT2D eigenvalue weighted by molar-refractivity contribution is 8.00. The van der Waals surface area contributed by atoms with Gasteiger partial charge in [-0.3, -0.25) is 4.79 Å². The fraction of sp³-hybridized carbons (Fsp3) is 0.348. The highest BCUT2D eigenvalue weighted by atomic mass is 32.2. The molecule has 1 aliphatic heterocycles. The maximum absolute atomic E-state index is 13.5. The van der Waals surface area contributed by atoms with Crippen LogP contribution in [0.4, 0.5) is 0 Å². The van der Waals surface area contributed by atoms with Gasteiger partial charge < -0.3 is 14.2 Å². The lowest BCUT2D eigenvalue weighted by Crippen LogP contribution is -2.34. The summed E-state index contributed by atoms with van der Waals surface area (Å²) in [5.74, 6) is 1.00. The fourth-order valence-corrected chi connectivity index (χ4v) is 5.57. The predicted molar refractivity (Wildman–Crippen MR) is 116 cm³/mol. The summed E-state index contributed by atoms with van der Waals surface area (Å²) in [5.41, 5.74) is 4.57. The van der Waals surface area contributed by atoms with Crippen molar-refractivity contribution in [2.45, 2.75) is 37.5 Å². The van der Waals surface area contributed by atoms with Crippen LogP contribution >= 0.6 is 11.8 Å². The van der Waals surface area contributed by atoms with E-state index < -0.39 is 0 Å². The maximum Gasteiger partial charge on any atom is 0.240 e. The van der Waals surface area contributed by atoms with Gasteiger partial charge in [0.05, 0.1) is 18.3 Å². The third-order valence-corrected chi connectivity index (χ3v) is 6.86. The number of hydrogen-bond donors (Lipinski definition) is 0. The predicted octanol–water partition coefficient (Wildman–Crippen LogP) is 5.35. The standard InChI is InChI=1S/C23H26N2O2S/c1-5-24(6-2)23(26)22-20-19-16(12-10-13-17(19)27-4)25(7-3)21(20)15-11-8-9-14-18(15)28-22/h8-14,22H,5-7H2,1-4H3. The number of likely N-dealkylation sites (N-methyl/N-ethyl adjacent to an activating group) is 1. The van der Waals surface area contributed by atoms with Gasteiger partial charge in [-0.15, -0.1) is 11.8 Å². The molecule has 0 saturated heterocycles. The van der Waals surface area contributed by atoms with Gasteiger partial charge >= 0.3 is 0 Å². The van der Waals surface area contributed by atoms with Gasteiger partial charge in [-0.1, -0.05) is 24.3 Å². The Bertz CT molecular complexity index is 1040. The van der Waals surface area contributed by atoms with E-state index >= 15 is 0 Å². The summed E-state index contributed by atoms with van der Waals surface area (Å²) in [5, 5.41) is 0.797. The second-order valence-electron chi connectivity index (χ2n) is 6.87. The first-order valence-electron chi connectivity index (χ1n) is 9.90. The van der Waals surface area contributed by atoms with Crippen LogP contribution in [-0.4, -0.2) is 35.6 Å². The van der Waals surface area contributed by atoms with Crippen LogP contribution in [0.1, 0.15) is 31.6 Å². The van der Waals surface area contributed by atoms with Crippen LogP contribution < -0.4 is 4.74 Å². The molecule has 1 atom stereocenters. The van der Waals surface area contributed by atoms with Crippen LogP contribution in [0.5, 0.6) is 5.75 Å². The first-order chi connectivity index (χ1) is 13.7. The highest BCUT2D eigenvalue weighted by Crippen LogP contribution is 2.54. The number of fused-ring (bicyclic) bond motifs is 5. The Hall–Kier alpha value is -2.40. The second-order valence-corrected chi connectivity index (χ2v) is 8.01. The first-order valence-corrected chi connectivity index (χ1v) is 10.8. The number of aryl methyl sites for hydroxylation is 1. The number of rotatable bonds is 5. The van der Waals surface area contributed by atoms with E-state index in [2.05, 4.69) is 41.8 Å². The summed E-state index contributed by atoms with van der Waals surface area (Å²) in [6.45, 7) is 8.51. The number of benzene rings is 2. The Morgan fingerprint density at radius 2 is 1.86 bits per heavy atom. The van der Waals surface area contributed by atoms with Crippen molar-refractivity contribution in [2.75, 3.05) is 20.2 Å². The normalized spacial score (nSPS) is 15.2. The summed E-state index contributed by atoms with van der Waals surface area (Å²) in [7, 11) is 1.70. The molecule has 1 aromatic heterocycles. The van der Waals surface area contributed by atoms with E-state index in [0.717, 1.165) is 39.4 Å². The quantitative estimate of drug-likeness (QED) is 0.585. The van der Waals surface area contributed by atoms with Gasteiger partial charge in [0.25, 0.3) is 0 Å². The zero-order valence-corrected chi connectivity index (χ0v) is 17.7. The number of thioether (sulfide) groups is 1. The molecule has 146 valence electrons. The Balaban J connectivity index is 2.08. The summed E-state index contributed by atoms with van der Waals surface area (Å²) < 4.78 is 8.06. The lowest BCUT2D eigenvalue weighted by Gasteiger charge is -2.30. The molecule has 28 heavy (non-hydrogen) atoms. The largest absolute Gasteiger partial charge is 0.496 e. The third kappa shape index (κ3) is 2.72. The minimum absolute atomic E-state index is 0.173. The smallest absolute Gasteiger partial charge is 0.240 e. The van der Waals surface area contributed by atoms with Crippen LogP contribution in [-0.2, 0) is 11.3 Å². The molecule has 4 rings (SSSR count). The lowest BCUT2D eigenvalue weighted by atomic mass is 10.00. The van der Waals surface area contributed by atoms with Crippen LogP contribution in [0.15, 0.2) is 47.4 Å². The molecule has 5 heteroatoms. The minimum Gasteiger partial charge on any atom is -0.496 e. The molecule has 0 fully saturated rings. The van der Waals surface area contributed by atoms with Crippen LogP contribution in [0.3, 0.4) is 0 Å². The van der Waals surface area contributed by atoms with Crippen molar-refractivity contribution in [1.82, 2.24) is 9.47 Å². The Labute approximate surface area is 170 Å². The number of hydrogen-bond acceptors (Lipinski definition) is 3. The SMILES string of the molecule is CCN(CC)C(=O)C1Sc2ccccc2-c2c1c1c(OC)cccc1n2CC. The van der Waals surface area contributed by atoms with Gasteiger partial charge in [0.15, 0.2) is 0 Å². The molecule has 2 heterocycles. The highest BCUT2D eigenvalue weighted by Gasteiger charge is 2.37. The molecule has 0 spiro atoms. The van der Waals surface area contributed by atoms with Gasteiger partial charge in [0.2, 0.25) is 5.91 Å². The van der Waals surface area contributed by atoms with E-state index in [-0.39, 0.29) is 11.2 Å². The van der Waals surface area contributed by atoms with Crippen molar-refractivity contribution in [2.24, 2.45) is 0 Å². The average Bonchev–Trinajstić information content (AvgIpc) is 3.08. The Morgan fingerprint density at radius 3 is 2.54 bits per heavy atom. The molecule has 0 N–H and O–H groups in total. The van der Waals surface area contributed by atoms with Gasteiger partial charge in [0.1, 0.15) is 11.0 Å². The summed E-state index contributed by atoms with van der Waals surface area (Å²) >= 11 is 1.66. The first kappa shape index (κ1) is 18.9. The number of aromatic nitrogens is 1. The molecule has 1 aliphatic rings. The fourth-order valence-electron chi connectivity index (χ4n) is 4.27. The molecule has 1 amide bonds. The molecular weight excluding hydrogens is 368 g/mol. The van der Waals surface area contributed by atoms with E-state index in [1.165, 1.54) is 5.56 Å². The van der Waals surface area contributed by atoms with Crippen molar-refractivity contribution in [3.05, 3.63) is 48.0 Å². The van der Waals surface area contributed by atoms with Gasteiger partial charge in [-0.25, -0.2) is 0 Å². The summed E-state index contributed by atoms with van der Waals surface area (Å²) in [6, 6.07) is 14.6. The molecule has 2 aromatic carbocycles. The molecule has 4 nitrogen and oxygen atoms in total. The van der Waals surface area contributed by atoms with Gasteiger partial charge in [0, 0.05) is 41.0 Å². The van der Waals surface area contributed by atoms with E-state index in [1.54, 1.807) is 18.9 Å². The third-order valence-electron chi connectivity index (χ3n) is 5.57. The molecule has 1 unspecified atom stereocenters. The molecular formula is C23H26N2O2S. The van der Waals surface area contributed by atoms with Gasteiger partial charge in [-0.2, -0.15) is 0 Å². The number of methoxy groups -OCH3 is 1. The van der Waals surface area contributed by atoms with E-state index in [0.29, 0.717) is 13.1 Å². The maximum atomic E-state index is 13.5.